The van der Waals surface area contributed by atoms with E-state index in [1.807, 2.05) is 62.4 Å². The molecule has 64 heavy (non-hydrogen) atoms. The SMILES string of the molecule is CCCCCC[C@H](C)OC(=O)c1ccc(-c2ccc(OC(=O)CCCCCOc3ccc(C(=O)Oc4ccc(-c5ccc(C(=O)O[C@@H](C)CCCCCC)cc5)cc4)cc3)cc2)cc1. The maximum absolute atomic E-state index is 12.9. The van der Waals surface area contributed by atoms with Gasteiger partial charge < -0.3 is 23.7 Å². The second-order valence-corrected chi connectivity index (χ2v) is 16.4. The number of rotatable bonds is 26. The Balaban J connectivity index is 0.947. The molecule has 0 unspecified atom stereocenters. The van der Waals surface area contributed by atoms with Crippen LogP contribution >= 0.6 is 0 Å². The van der Waals surface area contributed by atoms with E-state index in [4.69, 9.17) is 23.7 Å². The largest absolute Gasteiger partial charge is 0.494 e. The van der Waals surface area contributed by atoms with Crippen LogP contribution in [0.3, 0.4) is 0 Å². The second kappa shape index (κ2) is 26.4. The summed E-state index contributed by atoms with van der Waals surface area (Å²) in [5, 5.41) is 0. The first-order chi connectivity index (χ1) is 31.1. The molecule has 0 saturated heterocycles. The van der Waals surface area contributed by atoms with Gasteiger partial charge in [-0.2, -0.15) is 0 Å². The van der Waals surface area contributed by atoms with E-state index < -0.39 is 5.97 Å². The number of hydrogen-bond acceptors (Lipinski definition) is 9. The number of carbonyl (C=O) groups excluding carboxylic acids is 4. The molecule has 0 saturated carbocycles. The van der Waals surface area contributed by atoms with E-state index >= 15 is 0 Å². The molecule has 5 aromatic rings. The quantitative estimate of drug-likeness (QED) is 0.0304. The summed E-state index contributed by atoms with van der Waals surface area (Å²) in [4.78, 5) is 50.5. The molecule has 338 valence electrons. The molecular weight excluding hydrogens is 805 g/mol. The molecule has 2 atom stereocenters. The molecule has 0 aliphatic rings. The van der Waals surface area contributed by atoms with E-state index in [-0.39, 0.29) is 30.1 Å². The summed E-state index contributed by atoms with van der Waals surface area (Å²) >= 11 is 0. The summed E-state index contributed by atoms with van der Waals surface area (Å²) in [5.41, 5.74) is 5.18. The summed E-state index contributed by atoms with van der Waals surface area (Å²) in [6.07, 6.45) is 13.2. The van der Waals surface area contributed by atoms with Crippen LogP contribution < -0.4 is 14.2 Å². The van der Waals surface area contributed by atoms with E-state index in [2.05, 4.69) is 13.8 Å². The van der Waals surface area contributed by atoms with Gasteiger partial charge in [0, 0.05) is 6.42 Å². The summed E-state index contributed by atoms with van der Waals surface area (Å²) < 4.78 is 28.3. The Labute approximate surface area is 379 Å². The molecule has 9 heteroatoms. The summed E-state index contributed by atoms with van der Waals surface area (Å²) in [6, 6.07) is 36.0. The van der Waals surface area contributed by atoms with Crippen LogP contribution in [0.2, 0.25) is 0 Å². The van der Waals surface area contributed by atoms with Gasteiger partial charge in [0.2, 0.25) is 0 Å². The first-order valence-electron chi connectivity index (χ1n) is 23.1. The van der Waals surface area contributed by atoms with Crippen LogP contribution in [-0.4, -0.2) is 42.7 Å². The third-order valence-corrected chi connectivity index (χ3v) is 11.0. The minimum Gasteiger partial charge on any atom is -0.494 e. The second-order valence-electron chi connectivity index (χ2n) is 16.4. The van der Waals surface area contributed by atoms with Gasteiger partial charge in [-0.15, -0.1) is 0 Å². The average molecular weight is 869 g/mol. The highest BCUT2D eigenvalue weighted by atomic mass is 16.6. The Morgan fingerprint density at radius 2 is 0.781 bits per heavy atom. The Morgan fingerprint density at radius 1 is 0.406 bits per heavy atom. The maximum Gasteiger partial charge on any atom is 0.343 e. The van der Waals surface area contributed by atoms with E-state index in [9.17, 15) is 19.2 Å². The number of hydrogen-bond donors (Lipinski definition) is 0. The Morgan fingerprint density at radius 3 is 1.23 bits per heavy atom. The van der Waals surface area contributed by atoms with Crippen molar-refractivity contribution >= 4 is 23.9 Å². The van der Waals surface area contributed by atoms with Crippen LogP contribution in [0.4, 0.5) is 0 Å². The fraction of sp³-hybridized carbons (Fsp3) is 0.382. The highest BCUT2D eigenvalue weighted by molar-refractivity contribution is 5.92. The van der Waals surface area contributed by atoms with Crippen LogP contribution in [0.5, 0.6) is 17.2 Å². The van der Waals surface area contributed by atoms with Crippen molar-refractivity contribution in [2.24, 2.45) is 0 Å². The van der Waals surface area contributed by atoms with Crippen molar-refractivity contribution < 1.29 is 42.9 Å². The van der Waals surface area contributed by atoms with Crippen LogP contribution in [0, 0.1) is 0 Å². The van der Waals surface area contributed by atoms with E-state index in [1.165, 1.54) is 25.7 Å². The molecule has 0 fully saturated rings. The molecule has 0 aliphatic carbocycles. The number of ether oxygens (including phenoxy) is 5. The standard InChI is InChI=1S/C55H64O9/c1-5-7-9-12-16-40(3)61-53(57)46-23-19-42(20-24-46)44-27-35-50(36-28-44)63-52(56)18-14-11-15-39-60-49-33-31-48(32-34-49)55(59)64-51-37-29-45(30-38-51)43-21-25-47(26-22-43)54(58)62-41(4)17-13-10-8-6-2/h19-38,40-41H,5-18,39H2,1-4H3/t40-,41-/m0/s1. The average Bonchev–Trinajstić information content (AvgIpc) is 3.31. The van der Waals surface area contributed by atoms with Crippen molar-refractivity contribution in [3.05, 3.63) is 138 Å². The molecular formula is C55H64O9. The topological polar surface area (TPSA) is 114 Å². The lowest BCUT2D eigenvalue weighted by Crippen LogP contribution is -2.15. The van der Waals surface area contributed by atoms with Gasteiger partial charge in [-0.25, -0.2) is 14.4 Å². The van der Waals surface area contributed by atoms with E-state index in [0.29, 0.717) is 53.4 Å². The lowest BCUT2D eigenvalue weighted by Gasteiger charge is -2.13. The van der Waals surface area contributed by atoms with Crippen molar-refractivity contribution in [3.8, 4) is 39.5 Å². The number of carbonyl (C=O) groups is 4. The minimum atomic E-state index is -0.479. The third-order valence-electron chi connectivity index (χ3n) is 11.0. The van der Waals surface area contributed by atoms with Gasteiger partial charge in [-0.3, -0.25) is 4.79 Å². The van der Waals surface area contributed by atoms with Gasteiger partial charge in [-0.05, 0) is 154 Å². The summed E-state index contributed by atoms with van der Waals surface area (Å²) in [5.74, 6) is 0.135. The predicted molar refractivity (Wildman–Crippen MR) is 252 cm³/mol. The monoisotopic (exact) mass is 868 g/mol. The Hall–Kier alpha value is -6.22. The molecule has 0 N–H and O–H groups in total. The van der Waals surface area contributed by atoms with Crippen LogP contribution in [0.25, 0.3) is 22.3 Å². The zero-order valence-corrected chi connectivity index (χ0v) is 38.0. The lowest BCUT2D eigenvalue weighted by atomic mass is 10.0. The molecule has 5 aromatic carbocycles. The van der Waals surface area contributed by atoms with Crippen LogP contribution in [0.1, 0.15) is 149 Å². The normalized spacial score (nSPS) is 11.9. The maximum atomic E-state index is 12.9. The molecule has 5 rings (SSSR count). The fourth-order valence-corrected chi connectivity index (χ4v) is 7.14. The first kappa shape index (κ1) is 48.8. The molecule has 0 radical (unpaired) electrons. The van der Waals surface area contributed by atoms with Gasteiger partial charge in [0.15, 0.2) is 0 Å². The van der Waals surface area contributed by atoms with Crippen LogP contribution in [0.15, 0.2) is 121 Å². The number of unbranched alkanes of at least 4 members (excludes halogenated alkanes) is 8. The molecule has 0 aromatic heterocycles. The number of esters is 4. The van der Waals surface area contributed by atoms with Crippen molar-refractivity contribution in [3.63, 3.8) is 0 Å². The van der Waals surface area contributed by atoms with Gasteiger partial charge >= 0.3 is 23.9 Å². The zero-order chi connectivity index (χ0) is 45.5. The molecule has 0 spiro atoms. The molecule has 0 aliphatic heterocycles. The molecule has 0 heterocycles. The van der Waals surface area contributed by atoms with E-state index in [0.717, 1.165) is 73.6 Å². The summed E-state index contributed by atoms with van der Waals surface area (Å²) in [7, 11) is 0. The minimum absolute atomic E-state index is 0.109. The highest BCUT2D eigenvalue weighted by Crippen LogP contribution is 2.26. The Kier molecular flexibility index (Phi) is 20.1. The highest BCUT2D eigenvalue weighted by Gasteiger charge is 2.15. The van der Waals surface area contributed by atoms with E-state index in [1.54, 1.807) is 72.8 Å². The fourth-order valence-electron chi connectivity index (χ4n) is 7.14. The van der Waals surface area contributed by atoms with Crippen molar-refractivity contribution in [2.75, 3.05) is 6.61 Å². The lowest BCUT2D eigenvalue weighted by molar-refractivity contribution is -0.134. The third kappa shape index (κ3) is 16.5. The molecule has 9 nitrogen and oxygen atoms in total. The van der Waals surface area contributed by atoms with Crippen molar-refractivity contribution in [1.29, 1.82) is 0 Å². The van der Waals surface area contributed by atoms with Crippen molar-refractivity contribution in [1.82, 2.24) is 0 Å². The van der Waals surface area contributed by atoms with Gasteiger partial charge in [-0.1, -0.05) is 101 Å². The van der Waals surface area contributed by atoms with Gasteiger partial charge in [0.05, 0.1) is 35.5 Å². The summed E-state index contributed by atoms with van der Waals surface area (Å²) in [6.45, 7) is 8.71. The van der Waals surface area contributed by atoms with Gasteiger partial charge in [0.1, 0.15) is 17.2 Å². The smallest absolute Gasteiger partial charge is 0.343 e. The molecule has 0 amide bonds. The molecule has 0 bridgehead atoms. The Bertz CT molecular complexity index is 2180. The number of benzene rings is 5. The zero-order valence-electron chi connectivity index (χ0n) is 38.0. The van der Waals surface area contributed by atoms with Crippen molar-refractivity contribution in [2.45, 2.75) is 130 Å². The predicted octanol–water partition coefficient (Wildman–Crippen LogP) is 13.8. The van der Waals surface area contributed by atoms with Crippen LogP contribution in [-0.2, 0) is 14.3 Å². The van der Waals surface area contributed by atoms with Gasteiger partial charge in [0.25, 0.3) is 0 Å². The first-order valence-corrected chi connectivity index (χ1v) is 23.1.